The second-order valence-corrected chi connectivity index (χ2v) is 8.33. The van der Waals surface area contributed by atoms with Crippen molar-refractivity contribution in [3.8, 4) is 6.07 Å². The molecule has 3 aromatic rings. The summed E-state index contributed by atoms with van der Waals surface area (Å²) in [7, 11) is 1.93. The molecule has 0 saturated carbocycles. The highest BCUT2D eigenvalue weighted by atomic mass is 15.3. The molecule has 0 aliphatic carbocycles. The van der Waals surface area contributed by atoms with Crippen molar-refractivity contribution >= 4 is 28.7 Å². The van der Waals surface area contributed by atoms with E-state index in [0.29, 0.717) is 47.8 Å². The maximum absolute atomic E-state index is 8.93. The Balaban J connectivity index is 1.37. The number of piperidine rings is 1. The van der Waals surface area contributed by atoms with Gasteiger partial charge in [-0.3, -0.25) is 10.00 Å². The third-order valence-electron chi connectivity index (χ3n) is 6.22. The van der Waals surface area contributed by atoms with Crippen molar-refractivity contribution in [3.05, 3.63) is 18.1 Å². The first-order valence-corrected chi connectivity index (χ1v) is 10.5. The molecule has 5 rings (SSSR count). The third-order valence-corrected chi connectivity index (χ3v) is 6.22. The fraction of sp³-hybridized carbons (Fsp3) is 0.550. The van der Waals surface area contributed by atoms with E-state index in [9.17, 15) is 0 Å². The predicted molar refractivity (Wildman–Crippen MR) is 113 cm³/mol. The van der Waals surface area contributed by atoms with Crippen molar-refractivity contribution in [1.82, 2.24) is 34.6 Å². The summed E-state index contributed by atoms with van der Waals surface area (Å²) in [6, 6.07) is 5.62. The number of aromatic amines is 1. The maximum Gasteiger partial charge on any atom is 0.227 e. The van der Waals surface area contributed by atoms with E-state index in [-0.39, 0.29) is 0 Å². The van der Waals surface area contributed by atoms with E-state index in [2.05, 4.69) is 41.8 Å². The molecule has 30 heavy (non-hydrogen) atoms. The third kappa shape index (κ3) is 3.45. The van der Waals surface area contributed by atoms with Crippen LogP contribution in [0.3, 0.4) is 0 Å². The number of nitrogens with one attached hydrogen (secondary N) is 3. The highest BCUT2D eigenvalue weighted by molar-refractivity contribution is 5.86. The first-order chi connectivity index (χ1) is 14.6. The molecule has 0 spiro atoms. The van der Waals surface area contributed by atoms with Crippen LogP contribution in [0.2, 0.25) is 0 Å². The molecule has 10 heteroatoms. The lowest BCUT2D eigenvalue weighted by atomic mass is 9.97. The largest absolute Gasteiger partial charge is 0.351 e. The summed E-state index contributed by atoms with van der Waals surface area (Å²) < 4.78 is 1.91. The standard InChI is InChI=1S/C20H26N10/c1-12-8-16(28-27-12)24-19-17-18(22-11-29(17)2)25-20(26-19)23-13-9-14-4-5-15(10-13)30(14)7-3-6-21/h8,11,13-15H,3-5,7,9-10H2,1-2H3,(H3,23,24,25,26,27,28)/t13-,14-,15+. The van der Waals surface area contributed by atoms with Gasteiger partial charge in [-0.05, 0) is 32.6 Å². The average molecular weight is 406 g/mol. The van der Waals surface area contributed by atoms with Gasteiger partial charge < -0.3 is 15.2 Å². The molecule has 0 radical (unpaired) electrons. The Morgan fingerprint density at radius 2 is 2.07 bits per heavy atom. The number of aryl methyl sites for hydroxylation is 2. The normalized spacial score (nSPS) is 23.6. The minimum absolute atomic E-state index is 0.322. The van der Waals surface area contributed by atoms with Crippen molar-refractivity contribution in [3.63, 3.8) is 0 Å². The van der Waals surface area contributed by atoms with E-state index < -0.39 is 0 Å². The molecule has 2 bridgehead atoms. The first-order valence-electron chi connectivity index (χ1n) is 10.5. The number of nitrogens with zero attached hydrogens (tertiary/aromatic N) is 7. The highest BCUT2D eigenvalue weighted by Crippen LogP contribution is 2.36. The van der Waals surface area contributed by atoms with Gasteiger partial charge in [0, 0.05) is 49.9 Å². The van der Waals surface area contributed by atoms with Crippen LogP contribution in [0.25, 0.3) is 11.2 Å². The van der Waals surface area contributed by atoms with E-state index in [4.69, 9.17) is 10.2 Å². The molecular weight excluding hydrogens is 380 g/mol. The Morgan fingerprint density at radius 3 is 2.77 bits per heavy atom. The molecule has 0 amide bonds. The number of anilines is 3. The van der Waals surface area contributed by atoms with Crippen LogP contribution >= 0.6 is 0 Å². The Kier molecular flexibility index (Phi) is 4.75. The molecule has 2 fully saturated rings. The summed E-state index contributed by atoms with van der Waals surface area (Å²) in [5, 5.41) is 23.0. The van der Waals surface area contributed by atoms with Gasteiger partial charge in [0.2, 0.25) is 5.95 Å². The lowest BCUT2D eigenvalue weighted by Gasteiger charge is -2.38. The van der Waals surface area contributed by atoms with Crippen LogP contribution in [0.5, 0.6) is 0 Å². The van der Waals surface area contributed by atoms with E-state index >= 15 is 0 Å². The number of hydrogen-bond acceptors (Lipinski definition) is 8. The quantitative estimate of drug-likeness (QED) is 0.570. The smallest absolute Gasteiger partial charge is 0.227 e. The number of aromatic nitrogens is 6. The molecule has 3 N–H and O–H groups in total. The van der Waals surface area contributed by atoms with Crippen LogP contribution in [0.4, 0.5) is 17.6 Å². The number of imidazole rings is 1. The van der Waals surface area contributed by atoms with Gasteiger partial charge in [-0.15, -0.1) is 0 Å². The summed E-state index contributed by atoms with van der Waals surface area (Å²) in [6.45, 7) is 2.84. The van der Waals surface area contributed by atoms with Gasteiger partial charge in [0.15, 0.2) is 17.3 Å². The number of hydrogen-bond donors (Lipinski definition) is 3. The van der Waals surface area contributed by atoms with E-state index in [1.54, 1.807) is 6.33 Å². The van der Waals surface area contributed by atoms with Gasteiger partial charge in [-0.25, -0.2) is 4.98 Å². The van der Waals surface area contributed by atoms with Crippen molar-refractivity contribution in [2.75, 3.05) is 17.2 Å². The molecule has 10 nitrogen and oxygen atoms in total. The zero-order chi connectivity index (χ0) is 20.7. The molecule has 2 saturated heterocycles. The summed E-state index contributed by atoms with van der Waals surface area (Å²) in [4.78, 5) is 16.4. The van der Waals surface area contributed by atoms with Crippen LogP contribution in [0.1, 0.15) is 37.8 Å². The van der Waals surface area contributed by atoms with Crippen LogP contribution in [-0.4, -0.2) is 59.3 Å². The second-order valence-electron chi connectivity index (χ2n) is 8.33. The number of rotatable bonds is 6. The van der Waals surface area contributed by atoms with Gasteiger partial charge in [-0.2, -0.15) is 20.3 Å². The molecule has 2 aliphatic rings. The zero-order valence-electron chi connectivity index (χ0n) is 17.3. The maximum atomic E-state index is 8.93. The zero-order valence-corrected chi connectivity index (χ0v) is 17.3. The molecule has 3 aromatic heterocycles. The number of H-pyrrole nitrogens is 1. The Labute approximate surface area is 174 Å². The Hall–Kier alpha value is -3.19. The van der Waals surface area contributed by atoms with Crippen LogP contribution in [-0.2, 0) is 7.05 Å². The van der Waals surface area contributed by atoms with E-state index in [1.165, 1.54) is 12.8 Å². The molecule has 2 aliphatic heterocycles. The second kappa shape index (κ2) is 7.57. The average Bonchev–Trinajstić information content (AvgIpc) is 3.36. The van der Waals surface area contributed by atoms with E-state index in [1.807, 2.05) is 24.6 Å². The summed E-state index contributed by atoms with van der Waals surface area (Å²) in [5.41, 5.74) is 2.47. The van der Waals surface area contributed by atoms with Gasteiger partial charge in [0.1, 0.15) is 5.52 Å². The van der Waals surface area contributed by atoms with Gasteiger partial charge in [-0.1, -0.05) is 0 Å². The van der Waals surface area contributed by atoms with Crippen LogP contribution < -0.4 is 10.6 Å². The molecule has 156 valence electrons. The predicted octanol–water partition coefficient (Wildman–Crippen LogP) is 2.46. The topological polar surface area (TPSA) is 123 Å². The molecule has 0 unspecified atom stereocenters. The lowest BCUT2D eigenvalue weighted by molar-refractivity contribution is 0.135. The molecular formula is C20H26N10. The minimum atomic E-state index is 0.322. The molecule has 3 atom stereocenters. The SMILES string of the molecule is Cc1cc(Nc2nc(N[C@@H]3C[C@H]4CC[C@@H](C3)N4CCC#N)nc3ncn(C)c23)n[nH]1. The number of fused-ring (bicyclic) bond motifs is 3. The van der Waals surface area contributed by atoms with E-state index in [0.717, 1.165) is 30.6 Å². The summed E-state index contributed by atoms with van der Waals surface area (Å²) in [6.07, 6.45) is 6.86. The first kappa shape index (κ1) is 18.8. The van der Waals surface area contributed by atoms with Gasteiger partial charge in [0.05, 0.1) is 12.4 Å². The van der Waals surface area contributed by atoms with Crippen molar-refractivity contribution in [1.29, 1.82) is 5.26 Å². The molecule has 5 heterocycles. The van der Waals surface area contributed by atoms with Crippen molar-refractivity contribution < 1.29 is 0 Å². The van der Waals surface area contributed by atoms with Crippen molar-refractivity contribution in [2.24, 2.45) is 7.05 Å². The molecule has 0 aromatic carbocycles. The Morgan fingerprint density at radius 1 is 1.27 bits per heavy atom. The monoisotopic (exact) mass is 406 g/mol. The Bertz CT molecular complexity index is 1080. The lowest BCUT2D eigenvalue weighted by Crippen LogP contribution is -2.47. The number of nitriles is 1. The summed E-state index contributed by atoms with van der Waals surface area (Å²) in [5.74, 6) is 1.98. The highest BCUT2D eigenvalue weighted by Gasteiger charge is 2.40. The fourth-order valence-electron chi connectivity index (χ4n) is 4.93. The van der Waals surface area contributed by atoms with Gasteiger partial charge in [0.25, 0.3) is 0 Å². The summed E-state index contributed by atoms with van der Waals surface area (Å²) >= 11 is 0. The van der Waals surface area contributed by atoms with Crippen LogP contribution in [0.15, 0.2) is 12.4 Å². The van der Waals surface area contributed by atoms with Gasteiger partial charge >= 0.3 is 0 Å². The minimum Gasteiger partial charge on any atom is -0.351 e. The van der Waals surface area contributed by atoms with Crippen molar-refractivity contribution in [2.45, 2.75) is 57.2 Å². The van der Waals surface area contributed by atoms with Crippen LogP contribution in [0, 0.1) is 18.3 Å². The fourth-order valence-corrected chi connectivity index (χ4v) is 4.93.